The molecule has 0 aromatic heterocycles. The van der Waals surface area contributed by atoms with E-state index in [1.54, 1.807) is 0 Å². The topological polar surface area (TPSA) is 49.3 Å². The molecular formula is C17H19NO2. The summed E-state index contributed by atoms with van der Waals surface area (Å²) in [6.45, 7) is 2.08. The largest absolute Gasteiger partial charge is 0.481 e. The number of hydrogen-bond acceptors (Lipinski definition) is 2. The van der Waals surface area contributed by atoms with Crippen LogP contribution in [0.5, 0.6) is 0 Å². The predicted octanol–water partition coefficient (Wildman–Crippen LogP) is 3.27. The standard InChI is InChI=1S/C17H19NO2/c1-11-3-4-13-10-14(6-5-12(13)9-11)15(18-2)17(7-8-17)16(19)20/h3-6,9-10,15,18H,7-8H2,1-2H3,(H,19,20). The van der Waals surface area contributed by atoms with E-state index in [0.717, 1.165) is 23.8 Å². The van der Waals surface area contributed by atoms with Crippen LogP contribution in [0.25, 0.3) is 10.8 Å². The van der Waals surface area contributed by atoms with Crippen molar-refractivity contribution < 1.29 is 9.90 Å². The molecule has 0 bridgehead atoms. The lowest BCUT2D eigenvalue weighted by Crippen LogP contribution is -2.32. The second-order valence-corrected chi connectivity index (χ2v) is 5.79. The van der Waals surface area contributed by atoms with Gasteiger partial charge in [-0.05, 0) is 49.2 Å². The van der Waals surface area contributed by atoms with Crippen LogP contribution in [0.2, 0.25) is 0 Å². The van der Waals surface area contributed by atoms with Gasteiger partial charge in [0.25, 0.3) is 0 Å². The number of benzene rings is 2. The van der Waals surface area contributed by atoms with E-state index < -0.39 is 11.4 Å². The van der Waals surface area contributed by atoms with Gasteiger partial charge in [0, 0.05) is 6.04 Å². The molecule has 0 spiro atoms. The maximum Gasteiger partial charge on any atom is 0.311 e. The lowest BCUT2D eigenvalue weighted by atomic mass is 9.89. The Morgan fingerprint density at radius 2 is 1.85 bits per heavy atom. The molecule has 0 aliphatic heterocycles. The van der Waals surface area contributed by atoms with Gasteiger partial charge in [0.05, 0.1) is 5.41 Å². The van der Waals surface area contributed by atoms with Crippen molar-refractivity contribution in [3.8, 4) is 0 Å². The molecule has 3 rings (SSSR count). The highest BCUT2D eigenvalue weighted by Crippen LogP contribution is 2.55. The molecule has 0 amide bonds. The summed E-state index contributed by atoms with van der Waals surface area (Å²) < 4.78 is 0. The van der Waals surface area contributed by atoms with E-state index in [2.05, 4.69) is 42.6 Å². The van der Waals surface area contributed by atoms with Gasteiger partial charge in [-0.1, -0.05) is 35.9 Å². The molecule has 2 aromatic rings. The van der Waals surface area contributed by atoms with Crippen LogP contribution < -0.4 is 5.32 Å². The molecule has 1 fully saturated rings. The molecule has 2 aromatic carbocycles. The summed E-state index contributed by atoms with van der Waals surface area (Å²) in [6.07, 6.45) is 1.50. The first-order chi connectivity index (χ1) is 9.56. The Balaban J connectivity index is 2.04. The third-order valence-electron chi connectivity index (χ3n) is 4.41. The first-order valence-electron chi connectivity index (χ1n) is 6.98. The van der Waals surface area contributed by atoms with Crippen molar-refractivity contribution in [2.75, 3.05) is 7.05 Å². The van der Waals surface area contributed by atoms with Gasteiger partial charge in [-0.3, -0.25) is 4.79 Å². The molecule has 2 N–H and O–H groups in total. The second-order valence-electron chi connectivity index (χ2n) is 5.79. The Labute approximate surface area is 118 Å². The van der Waals surface area contributed by atoms with Crippen molar-refractivity contribution in [3.63, 3.8) is 0 Å². The number of rotatable bonds is 4. The molecule has 1 aliphatic carbocycles. The molecule has 0 radical (unpaired) electrons. The minimum atomic E-state index is -0.694. The van der Waals surface area contributed by atoms with Crippen LogP contribution in [0.3, 0.4) is 0 Å². The van der Waals surface area contributed by atoms with Gasteiger partial charge >= 0.3 is 5.97 Å². The summed E-state index contributed by atoms with van der Waals surface area (Å²) in [6, 6.07) is 12.5. The third-order valence-corrected chi connectivity index (χ3v) is 4.41. The Morgan fingerprint density at radius 3 is 2.45 bits per heavy atom. The molecule has 104 valence electrons. The lowest BCUT2D eigenvalue weighted by molar-refractivity contribution is -0.144. The Bertz CT molecular complexity index is 674. The van der Waals surface area contributed by atoms with Gasteiger partial charge in [0.15, 0.2) is 0 Å². The SMILES string of the molecule is CNC(c1ccc2cc(C)ccc2c1)C1(C(=O)O)CC1. The van der Waals surface area contributed by atoms with E-state index in [-0.39, 0.29) is 6.04 Å². The summed E-state index contributed by atoms with van der Waals surface area (Å²) in [7, 11) is 1.84. The molecular weight excluding hydrogens is 250 g/mol. The first kappa shape index (κ1) is 13.1. The first-order valence-corrected chi connectivity index (χ1v) is 6.98. The Hall–Kier alpha value is -1.87. The molecule has 20 heavy (non-hydrogen) atoms. The fraction of sp³-hybridized carbons (Fsp3) is 0.353. The van der Waals surface area contributed by atoms with Crippen molar-refractivity contribution in [1.29, 1.82) is 0 Å². The van der Waals surface area contributed by atoms with Gasteiger partial charge in [-0.2, -0.15) is 0 Å². The van der Waals surface area contributed by atoms with Gasteiger partial charge in [-0.15, -0.1) is 0 Å². The van der Waals surface area contributed by atoms with E-state index in [4.69, 9.17) is 0 Å². The lowest BCUT2D eigenvalue weighted by Gasteiger charge is -2.24. The Morgan fingerprint density at radius 1 is 1.20 bits per heavy atom. The highest BCUT2D eigenvalue weighted by Gasteiger charge is 2.56. The summed E-state index contributed by atoms with van der Waals surface area (Å²) in [4.78, 5) is 11.5. The molecule has 1 aliphatic rings. The van der Waals surface area contributed by atoms with Crippen LogP contribution in [0.4, 0.5) is 0 Å². The van der Waals surface area contributed by atoms with Crippen LogP contribution in [-0.2, 0) is 4.79 Å². The molecule has 0 saturated heterocycles. The quantitative estimate of drug-likeness (QED) is 0.895. The predicted molar refractivity (Wildman–Crippen MR) is 79.8 cm³/mol. The number of aryl methyl sites for hydroxylation is 1. The zero-order chi connectivity index (χ0) is 14.3. The maximum absolute atomic E-state index is 11.5. The van der Waals surface area contributed by atoms with Gasteiger partial charge in [-0.25, -0.2) is 0 Å². The molecule has 3 nitrogen and oxygen atoms in total. The number of carboxylic acids is 1. The normalized spacial score (nSPS) is 17.9. The fourth-order valence-corrected chi connectivity index (χ4v) is 3.09. The minimum absolute atomic E-state index is 0.120. The zero-order valence-electron chi connectivity index (χ0n) is 11.8. The van der Waals surface area contributed by atoms with E-state index >= 15 is 0 Å². The van der Waals surface area contributed by atoms with E-state index in [9.17, 15) is 9.90 Å². The van der Waals surface area contributed by atoms with Crippen molar-refractivity contribution in [2.24, 2.45) is 5.41 Å². The van der Waals surface area contributed by atoms with Crippen LogP contribution in [0.1, 0.15) is 30.0 Å². The van der Waals surface area contributed by atoms with Crippen molar-refractivity contribution in [2.45, 2.75) is 25.8 Å². The molecule has 1 unspecified atom stereocenters. The minimum Gasteiger partial charge on any atom is -0.481 e. The van der Waals surface area contributed by atoms with Crippen molar-refractivity contribution in [3.05, 3.63) is 47.5 Å². The maximum atomic E-state index is 11.5. The van der Waals surface area contributed by atoms with E-state index in [1.807, 2.05) is 13.1 Å². The van der Waals surface area contributed by atoms with Gasteiger partial charge in [0.1, 0.15) is 0 Å². The summed E-state index contributed by atoms with van der Waals surface area (Å²) >= 11 is 0. The highest BCUT2D eigenvalue weighted by molar-refractivity contribution is 5.85. The summed E-state index contributed by atoms with van der Waals surface area (Å²) in [5, 5.41) is 15.0. The van der Waals surface area contributed by atoms with E-state index in [0.29, 0.717) is 0 Å². The van der Waals surface area contributed by atoms with Crippen LogP contribution >= 0.6 is 0 Å². The second kappa shape index (κ2) is 4.60. The monoisotopic (exact) mass is 269 g/mol. The molecule has 0 heterocycles. The average Bonchev–Trinajstić information content (AvgIpc) is 3.21. The van der Waals surface area contributed by atoms with E-state index in [1.165, 1.54) is 10.9 Å². The van der Waals surface area contributed by atoms with Crippen molar-refractivity contribution >= 4 is 16.7 Å². The Kier molecular flexibility index (Phi) is 3.02. The summed E-state index contributed by atoms with van der Waals surface area (Å²) in [5.41, 5.74) is 1.68. The number of aliphatic carboxylic acids is 1. The smallest absolute Gasteiger partial charge is 0.311 e. The number of carbonyl (C=O) groups is 1. The van der Waals surface area contributed by atoms with Gasteiger partial charge in [0.2, 0.25) is 0 Å². The number of carboxylic acid groups (broad SMARTS) is 1. The van der Waals surface area contributed by atoms with Crippen LogP contribution in [0.15, 0.2) is 36.4 Å². The summed E-state index contributed by atoms with van der Waals surface area (Å²) in [5.74, 6) is -0.694. The number of nitrogens with one attached hydrogen (secondary N) is 1. The molecule has 3 heteroatoms. The fourth-order valence-electron chi connectivity index (χ4n) is 3.09. The third kappa shape index (κ3) is 1.98. The average molecular weight is 269 g/mol. The molecule has 1 atom stereocenters. The number of hydrogen-bond donors (Lipinski definition) is 2. The van der Waals surface area contributed by atoms with Gasteiger partial charge < -0.3 is 10.4 Å². The van der Waals surface area contributed by atoms with Crippen LogP contribution in [0, 0.1) is 12.3 Å². The number of fused-ring (bicyclic) bond motifs is 1. The molecule has 1 saturated carbocycles. The van der Waals surface area contributed by atoms with Crippen molar-refractivity contribution in [1.82, 2.24) is 5.32 Å². The zero-order valence-corrected chi connectivity index (χ0v) is 11.8. The highest BCUT2D eigenvalue weighted by atomic mass is 16.4. The van der Waals surface area contributed by atoms with Crippen LogP contribution in [-0.4, -0.2) is 18.1 Å².